The van der Waals surface area contributed by atoms with Crippen LogP contribution in [0.3, 0.4) is 0 Å². The van der Waals surface area contributed by atoms with E-state index < -0.39 is 0 Å². The van der Waals surface area contributed by atoms with Gasteiger partial charge in [-0.05, 0) is 38.2 Å². The topological polar surface area (TPSA) is 74.6 Å². The van der Waals surface area contributed by atoms with Crippen molar-refractivity contribution in [2.24, 2.45) is 0 Å². The molecule has 0 spiro atoms. The van der Waals surface area contributed by atoms with Crippen molar-refractivity contribution >= 4 is 29.1 Å². The largest absolute Gasteiger partial charge is 0.467 e. The molecule has 2 aromatic rings. The number of nitrogens with zero attached hydrogens (tertiary/aromatic N) is 1. The van der Waals surface area contributed by atoms with E-state index in [4.69, 9.17) is 16.0 Å². The Kier molecular flexibility index (Phi) is 6.40. The molecule has 0 saturated carbocycles. The van der Waals surface area contributed by atoms with E-state index in [1.807, 2.05) is 6.92 Å². The number of benzene rings is 1. The summed E-state index contributed by atoms with van der Waals surface area (Å²) in [6, 6.07) is 10.3. The number of amides is 2. The Hall–Kier alpha value is -2.31. The number of nitrogens with one attached hydrogen (secondary N) is 2. The molecule has 1 atom stereocenters. The zero-order valence-corrected chi connectivity index (χ0v) is 14.3. The Morgan fingerprint density at radius 2 is 1.88 bits per heavy atom. The van der Waals surface area contributed by atoms with Crippen molar-refractivity contribution in [2.45, 2.75) is 13.0 Å². The third-order valence-corrected chi connectivity index (χ3v) is 3.65. The van der Waals surface area contributed by atoms with Crippen LogP contribution >= 0.6 is 11.6 Å². The second-order valence-corrected chi connectivity index (χ2v) is 5.91. The molecule has 2 rings (SSSR count). The summed E-state index contributed by atoms with van der Waals surface area (Å²) in [5, 5.41) is 6.01. The SMILES string of the molecule is C[C@H](NC(=O)CN(C)CC(=O)Nc1ccccc1Cl)c1ccco1. The summed E-state index contributed by atoms with van der Waals surface area (Å²) in [5.74, 6) is 0.256. The second kappa shape index (κ2) is 8.52. The number of rotatable bonds is 7. The van der Waals surface area contributed by atoms with Gasteiger partial charge < -0.3 is 15.1 Å². The molecule has 7 heteroatoms. The molecule has 6 nitrogen and oxygen atoms in total. The molecule has 0 radical (unpaired) electrons. The molecular weight excluding hydrogens is 330 g/mol. The number of para-hydroxylation sites is 1. The number of hydrogen-bond acceptors (Lipinski definition) is 4. The number of carbonyl (C=O) groups is 2. The van der Waals surface area contributed by atoms with Gasteiger partial charge in [0, 0.05) is 0 Å². The Labute approximate surface area is 145 Å². The molecule has 0 aliphatic heterocycles. The Morgan fingerprint density at radius 1 is 1.17 bits per heavy atom. The summed E-state index contributed by atoms with van der Waals surface area (Å²) in [7, 11) is 1.70. The Bertz CT molecular complexity index is 688. The molecule has 2 amide bonds. The molecule has 0 unspecified atom stereocenters. The standard InChI is InChI=1S/C17H20ClN3O3/c1-12(15-8-5-9-24-15)19-16(22)10-21(2)11-17(23)20-14-7-4-3-6-13(14)18/h3-9,12H,10-11H2,1-2H3,(H,19,22)(H,20,23)/t12-/m0/s1. The highest BCUT2D eigenvalue weighted by molar-refractivity contribution is 6.33. The lowest BCUT2D eigenvalue weighted by Gasteiger charge is -2.18. The zero-order chi connectivity index (χ0) is 17.5. The second-order valence-electron chi connectivity index (χ2n) is 5.50. The van der Waals surface area contributed by atoms with Crippen molar-refractivity contribution < 1.29 is 14.0 Å². The van der Waals surface area contributed by atoms with E-state index in [1.165, 1.54) is 0 Å². The van der Waals surface area contributed by atoms with E-state index >= 15 is 0 Å². The van der Waals surface area contributed by atoms with Crippen LogP contribution in [0.15, 0.2) is 47.1 Å². The molecule has 0 aliphatic carbocycles. The quantitative estimate of drug-likeness (QED) is 0.806. The highest BCUT2D eigenvalue weighted by atomic mass is 35.5. The summed E-state index contributed by atoms with van der Waals surface area (Å²) in [6.45, 7) is 2.01. The van der Waals surface area contributed by atoms with Crippen LogP contribution in [0.25, 0.3) is 0 Å². The summed E-state index contributed by atoms with van der Waals surface area (Å²) in [6.07, 6.45) is 1.56. The highest BCUT2D eigenvalue weighted by Gasteiger charge is 2.15. The minimum Gasteiger partial charge on any atom is -0.467 e. The normalized spacial score (nSPS) is 12.0. The molecule has 0 saturated heterocycles. The van der Waals surface area contributed by atoms with Crippen LogP contribution in [0.2, 0.25) is 5.02 Å². The molecule has 24 heavy (non-hydrogen) atoms. The van der Waals surface area contributed by atoms with Crippen molar-refractivity contribution in [2.75, 3.05) is 25.5 Å². The molecular formula is C17H20ClN3O3. The van der Waals surface area contributed by atoms with Crippen LogP contribution in [0.5, 0.6) is 0 Å². The minimum absolute atomic E-state index is 0.0772. The van der Waals surface area contributed by atoms with Crippen molar-refractivity contribution in [3.63, 3.8) is 0 Å². The predicted molar refractivity (Wildman–Crippen MR) is 92.8 cm³/mol. The maximum atomic E-state index is 12.0. The van der Waals surface area contributed by atoms with Crippen molar-refractivity contribution in [3.05, 3.63) is 53.4 Å². The van der Waals surface area contributed by atoms with E-state index in [2.05, 4.69) is 10.6 Å². The zero-order valence-electron chi connectivity index (χ0n) is 13.6. The first-order chi connectivity index (χ1) is 11.5. The number of hydrogen-bond donors (Lipinski definition) is 2. The maximum absolute atomic E-state index is 12.0. The van der Waals surface area contributed by atoms with Gasteiger partial charge in [-0.2, -0.15) is 0 Å². The number of furan rings is 1. The van der Waals surface area contributed by atoms with Crippen molar-refractivity contribution in [1.29, 1.82) is 0 Å². The number of carbonyl (C=O) groups excluding carboxylic acids is 2. The average Bonchev–Trinajstić information content (AvgIpc) is 3.03. The first kappa shape index (κ1) is 18.0. The minimum atomic E-state index is -0.238. The molecule has 0 fully saturated rings. The fraction of sp³-hybridized carbons (Fsp3) is 0.294. The predicted octanol–water partition coefficient (Wildman–Crippen LogP) is 2.68. The summed E-state index contributed by atoms with van der Waals surface area (Å²) in [4.78, 5) is 25.6. The fourth-order valence-corrected chi connectivity index (χ4v) is 2.38. The first-order valence-corrected chi connectivity index (χ1v) is 7.89. The summed E-state index contributed by atoms with van der Waals surface area (Å²) in [5.41, 5.74) is 0.549. The molecule has 1 aromatic heterocycles. The van der Waals surface area contributed by atoms with Crippen molar-refractivity contribution in [3.8, 4) is 0 Å². The maximum Gasteiger partial charge on any atom is 0.238 e. The van der Waals surface area contributed by atoms with E-state index in [0.717, 1.165) is 0 Å². The lowest BCUT2D eigenvalue weighted by Crippen LogP contribution is -2.39. The van der Waals surface area contributed by atoms with Gasteiger partial charge in [0.05, 0.1) is 36.1 Å². The molecule has 0 bridgehead atoms. The summed E-state index contributed by atoms with van der Waals surface area (Å²) < 4.78 is 5.24. The van der Waals surface area contributed by atoms with Gasteiger partial charge in [0.15, 0.2) is 0 Å². The van der Waals surface area contributed by atoms with Gasteiger partial charge in [-0.25, -0.2) is 0 Å². The van der Waals surface area contributed by atoms with Gasteiger partial charge in [-0.3, -0.25) is 14.5 Å². The first-order valence-electron chi connectivity index (χ1n) is 7.51. The third-order valence-electron chi connectivity index (χ3n) is 3.32. The number of anilines is 1. The van der Waals surface area contributed by atoms with E-state index in [9.17, 15) is 9.59 Å². The molecule has 1 heterocycles. The number of likely N-dealkylation sites (N-methyl/N-ethyl adjacent to an activating group) is 1. The smallest absolute Gasteiger partial charge is 0.238 e. The van der Waals surface area contributed by atoms with E-state index in [0.29, 0.717) is 16.5 Å². The van der Waals surface area contributed by atoms with Crippen LogP contribution in [-0.4, -0.2) is 36.9 Å². The lowest BCUT2D eigenvalue weighted by atomic mass is 10.2. The summed E-state index contributed by atoms with van der Waals surface area (Å²) >= 11 is 5.99. The Balaban J connectivity index is 1.77. The van der Waals surface area contributed by atoms with Gasteiger partial charge in [0.1, 0.15) is 5.76 Å². The van der Waals surface area contributed by atoms with Crippen molar-refractivity contribution in [1.82, 2.24) is 10.2 Å². The van der Waals surface area contributed by atoms with Gasteiger partial charge in [-0.15, -0.1) is 0 Å². The van der Waals surface area contributed by atoms with E-state index in [-0.39, 0.29) is 30.9 Å². The molecule has 128 valence electrons. The average molecular weight is 350 g/mol. The highest BCUT2D eigenvalue weighted by Crippen LogP contribution is 2.20. The van der Waals surface area contributed by atoms with Crippen LogP contribution in [-0.2, 0) is 9.59 Å². The molecule has 2 N–H and O–H groups in total. The van der Waals surface area contributed by atoms with Crippen LogP contribution in [0, 0.1) is 0 Å². The van der Waals surface area contributed by atoms with Gasteiger partial charge in [0.2, 0.25) is 11.8 Å². The van der Waals surface area contributed by atoms with Gasteiger partial charge >= 0.3 is 0 Å². The molecule has 1 aromatic carbocycles. The monoisotopic (exact) mass is 349 g/mol. The van der Waals surface area contributed by atoms with Crippen LogP contribution < -0.4 is 10.6 Å². The van der Waals surface area contributed by atoms with Crippen LogP contribution in [0.4, 0.5) is 5.69 Å². The lowest BCUT2D eigenvalue weighted by molar-refractivity contribution is -0.123. The van der Waals surface area contributed by atoms with Gasteiger partial charge in [-0.1, -0.05) is 23.7 Å². The molecule has 0 aliphatic rings. The number of halogens is 1. The Morgan fingerprint density at radius 3 is 2.54 bits per heavy atom. The van der Waals surface area contributed by atoms with Gasteiger partial charge in [0.25, 0.3) is 0 Å². The van der Waals surface area contributed by atoms with E-state index in [1.54, 1.807) is 54.6 Å². The third kappa shape index (κ3) is 5.40. The van der Waals surface area contributed by atoms with Crippen LogP contribution in [0.1, 0.15) is 18.7 Å². The fourth-order valence-electron chi connectivity index (χ4n) is 2.19.